The highest BCUT2D eigenvalue weighted by Crippen LogP contribution is 2.31. The van der Waals surface area contributed by atoms with Crippen LogP contribution in [0.2, 0.25) is 0 Å². The zero-order chi connectivity index (χ0) is 13.7. The highest BCUT2D eigenvalue weighted by atomic mass is 32.2. The zero-order valence-electron chi connectivity index (χ0n) is 11.6. The Labute approximate surface area is 118 Å². The Kier molecular flexibility index (Phi) is 5.36. The summed E-state index contributed by atoms with van der Waals surface area (Å²) < 4.78 is 16.5. The van der Waals surface area contributed by atoms with Crippen molar-refractivity contribution in [1.29, 1.82) is 0 Å². The second-order valence-corrected chi connectivity index (χ2v) is 5.55. The first-order valence-electron chi connectivity index (χ1n) is 6.38. The molecule has 5 heteroatoms. The van der Waals surface area contributed by atoms with E-state index in [1.807, 2.05) is 37.0 Å². The van der Waals surface area contributed by atoms with Crippen LogP contribution < -0.4 is 14.8 Å². The first kappa shape index (κ1) is 14.5. The van der Waals surface area contributed by atoms with E-state index in [4.69, 9.17) is 14.2 Å². The van der Waals surface area contributed by atoms with Crippen molar-refractivity contribution < 1.29 is 14.2 Å². The van der Waals surface area contributed by atoms with Crippen LogP contribution in [0.4, 0.5) is 0 Å². The second-order valence-electron chi connectivity index (χ2n) is 4.40. The normalized spacial score (nSPS) is 20.9. The minimum Gasteiger partial charge on any atom is -0.497 e. The molecule has 4 nitrogen and oxygen atoms in total. The van der Waals surface area contributed by atoms with Crippen LogP contribution in [0.25, 0.3) is 0 Å². The fourth-order valence-corrected chi connectivity index (χ4v) is 3.18. The number of methoxy groups -OCH3 is 2. The van der Waals surface area contributed by atoms with Crippen molar-refractivity contribution in [2.45, 2.75) is 12.1 Å². The van der Waals surface area contributed by atoms with E-state index >= 15 is 0 Å². The van der Waals surface area contributed by atoms with Gasteiger partial charge in [0.1, 0.15) is 11.5 Å². The van der Waals surface area contributed by atoms with Gasteiger partial charge in [-0.3, -0.25) is 0 Å². The van der Waals surface area contributed by atoms with Crippen LogP contribution in [0.3, 0.4) is 0 Å². The summed E-state index contributed by atoms with van der Waals surface area (Å²) >= 11 is 1.93. The lowest BCUT2D eigenvalue weighted by Gasteiger charge is -2.30. The molecule has 1 aliphatic heterocycles. The fourth-order valence-electron chi connectivity index (χ4n) is 2.27. The molecule has 0 aliphatic carbocycles. The van der Waals surface area contributed by atoms with Crippen molar-refractivity contribution in [3.05, 3.63) is 23.8 Å². The van der Waals surface area contributed by atoms with Crippen LogP contribution in [-0.2, 0) is 4.74 Å². The molecule has 2 atom stereocenters. The third kappa shape index (κ3) is 3.55. The van der Waals surface area contributed by atoms with Crippen LogP contribution in [0.1, 0.15) is 11.6 Å². The van der Waals surface area contributed by atoms with Crippen LogP contribution in [0.15, 0.2) is 18.2 Å². The SMILES string of the molecule is CNC(c1cc(OC)cc(OC)c1)C1CSCCO1. The van der Waals surface area contributed by atoms with Gasteiger partial charge in [-0.2, -0.15) is 11.8 Å². The molecule has 0 spiro atoms. The van der Waals surface area contributed by atoms with E-state index in [-0.39, 0.29) is 12.1 Å². The molecule has 0 aromatic heterocycles. The van der Waals surface area contributed by atoms with Gasteiger partial charge in [0.2, 0.25) is 0 Å². The molecular weight excluding hydrogens is 262 g/mol. The van der Waals surface area contributed by atoms with Crippen molar-refractivity contribution in [1.82, 2.24) is 5.32 Å². The van der Waals surface area contributed by atoms with Crippen molar-refractivity contribution in [2.75, 3.05) is 39.4 Å². The number of likely N-dealkylation sites (N-methyl/N-ethyl adjacent to an activating group) is 1. The molecule has 0 amide bonds. The average Bonchev–Trinajstić information content (AvgIpc) is 2.48. The minimum atomic E-state index is 0.150. The molecule has 1 saturated heterocycles. The first-order valence-corrected chi connectivity index (χ1v) is 7.53. The highest BCUT2D eigenvalue weighted by Gasteiger charge is 2.25. The number of thioether (sulfide) groups is 1. The Morgan fingerprint density at radius 1 is 1.26 bits per heavy atom. The van der Waals surface area contributed by atoms with E-state index in [2.05, 4.69) is 5.32 Å². The maximum absolute atomic E-state index is 5.87. The number of hydrogen-bond acceptors (Lipinski definition) is 5. The van der Waals surface area contributed by atoms with Gasteiger partial charge in [-0.05, 0) is 24.7 Å². The molecule has 1 N–H and O–H groups in total. The number of hydrogen-bond donors (Lipinski definition) is 1. The quantitative estimate of drug-likeness (QED) is 0.896. The summed E-state index contributed by atoms with van der Waals surface area (Å²) in [6.45, 7) is 0.814. The molecule has 2 unspecified atom stereocenters. The number of benzene rings is 1. The molecule has 0 bridgehead atoms. The standard InChI is InChI=1S/C14H21NO3S/c1-15-14(13-9-19-5-4-18-13)10-6-11(16-2)8-12(7-10)17-3/h6-8,13-15H,4-5,9H2,1-3H3. The van der Waals surface area contributed by atoms with Crippen molar-refractivity contribution in [3.8, 4) is 11.5 Å². The van der Waals surface area contributed by atoms with Gasteiger partial charge >= 0.3 is 0 Å². The highest BCUT2D eigenvalue weighted by molar-refractivity contribution is 7.99. The third-order valence-electron chi connectivity index (χ3n) is 3.26. The maximum Gasteiger partial charge on any atom is 0.122 e. The summed E-state index contributed by atoms with van der Waals surface area (Å²) in [5.41, 5.74) is 1.13. The summed E-state index contributed by atoms with van der Waals surface area (Å²) in [7, 11) is 5.29. The van der Waals surface area contributed by atoms with Gasteiger partial charge in [0.15, 0.2) is 0 Å². The molecular formula is C14H21NO3S. The van der Waals surface area contributed by atoms with E-state index < -0.39 is 0 Å². The minimum absolute atomic E-state index is 0.150. The van der Waals surface area contributed by atoms with E-state index in [9.17, 15) is 0 Å². The van der Waals surface area contributed by atoms with E-state index in [0.717, 1.165) is 35.2 Å². The van der Waals surface area contributed by atoms with E-state index in [1.165, 1.54) is 0 Å². The average molecular weight is 283 g/mol. The van der Waals surface area contributed by atoms with E-state index in [0.29, 0.717) is 0 Å². The lowest BCUT2D eigenvalue weighted by molar-refractivity contribution is 0.0487. The zero-order valence-corrected chi connectivity index (χ0v) is 12.5. The Hall–Kier alpha value is -0.910. The van der Waals surface area contributed by atoms with Crippen LogP contribution in [-0.4, -0.2) is 45.5 Å². The number of ether oxygens (including phenoxy) is 3. The maximum atomic E-state index is 5.87. The van der Waals surface area contributed by atoms with Crippen molar-refractivity contribution >= 4 is 11.8 Å². The summed E-state index contributed by atoms with van der Waals surface area (Å²) in [5, 5.41) is 3.34. The van der Waals surface area contributed by atoms with Gasteiger partial charge in [0.05, 0.1) is 33.0 Å². The van der Waals surface area contributed by atoms with E-state index in [1.54, 1.807) is 14.2 Å². The van der Waals surface area contributed by atoms with Crippen molar-refractivity contribution in [3.63, 3.8) is 0 Å². The predicted molar refractivity (Wildman–Crippen MR) is 78.4 cm³/mol. The molecule has 0 radical (unpaired) electrons. The van der Waals surface area contributed by atoms with Crippen molar-refractivity contribution in [2.24, 2.45) is 0 Å². The lowest BCUT2D eigenvalue weighted by Crippen LogP contribution is -2.36. The smallest absolute Gasteiger partial charge is 0.122 e. The topological polar surface area (TPSA) is 39.7 Å². The Morgan fingerprint density at radius 3 is 2.42 bits per heavy atom. The van der Waals surface area contributed by atoms with Gasteiger partial charge in [0.25, 0.3) is 0 Å². The monoisotopic (exact) mass is 283 g/mol. The third-order valence-corrected chi connectivity index (χ3v) is 4.28. The number of rotatable bonds is 5. The van der Waals surface area contributed by atoms with Crippen LogP contribution >= 0.6 is 11.8 Å². The molecule has 2 rings (SSSR count). The lowest BCUT2D eigenvalue weighted by atomic mass is 10.0. The van der Waals surface area contributed by atoms with Gasteiger partial charge in [0, 0.05) is 17.6 Å². The molecule has 0 saturated carbocycles. The Bertz CT molecular complexity index is 385. The van der Waals surface area contributed by atoms with Crippen LogP contribution in [0, 0.1) is 0 Å². The summed E-state index contributed by atoms with van der Waals surface area (Å²) in [5.74, 6) is 3.69. The summed E-state index contributed by atoms with van der Waals surface area (Å²) in [6, 6.07) is 6.10. The van der Waals surface area contributed by atoms with Gasteiger partial charge in [-0.1, -0.05) is 0 Å². The summed E-state index contributed by atoms with van der Waals surface area (Å²) in [4.78, 5) is 0. The number of nitrogens with one attached hydrogen (secondary N) is 1. The van der Waals surface area contributed by atoms with Gasteiger partial charge in [-0.25, -0.2) is 0 Å². The molecule has 106 valence electrons. The molecule has 1 aromatic carbocycles. The Morgan fingerprint density at radius 2 is 1.95 bits per heavy atom. The molecule has 1 heterocycles. The van der Waals surface area contributed by atoms with Gasteiger partial charge < -0.3 is 19.5 Å². The van der Waals surface area contributed by atoms with Crippen LogP contribution in [0.5, 0.6) is 11.5 Å². The molecule has 1 fully saturated rings. The molecule has 1 aliphatic rings. The second kappa shape index (κ2) is 7.03. The Balaban J connectivity index is 2.25. The first-order chi connectivity index (χ1) is 9.28. The largest absolute Gasteiger partial charge is 0.497 e. The van der Waals surface area contributed by atoms with Gasteiger partial charge in [-0.15, -0.1) is 0 Å². The summed E-state index contributed by atoms with van der Waals surface area (Å²) in [6.07, 6.45) is 0.181. The fraction of sp³-hybridized carbons (Fsp3) is 0.571. The molecule has 1 aromatic rings. The predicted octanol–water partition coefficient (Wildman–Crippen LogP) is 2.10. The molecule has 19 heavy (non-hydrogen) atoms.